The number of nitrogens with one attached hydrogen (secondary N) is 1. The first-order chi connectivity index (χ1) is 10.3. The van der Waals surface area contributed by atoms with E-state index in [1.54, 1.807) is 0 Å². The molecule has 0 amide bonds. The number of hydrogen-bond acceptors (Lipinski definition) is 3. The van der Waals surface area contributed by atoms with E-state index in [-0.39, 0.29) is 0 Å². The zero-order valence-corrected chi connectivity index (χ0v) is 13.8. The molecule has 1 aromatic heterocycles. The molecular weight excluding hydrogens is 276 g/mol. The smallest absolute Gasteiger partial charge is 0.101 e. The van der Waals surface area contributed by atoms with Crippen LogP contribution in [0, 0.1) is 0 Å². The maximum atomic E-state index is 5.02. The third kappa shape index (κ3) is 3.04. The van der Waals surface area contributed by atoms with Crippen molar-refractivity contribution < 1.29 is 0 Å². The zero-order valence-electron chi connectivity index (χ0n) is 13.0. The fraction of sp³-hybridized carbons (Fsp3) is 0.500. The van der Waals surface area contributed by atoms with E-state index in [9.17, 15) is 0 Å². The van der Waals surface area contributed by atoms with Gasteiger partial charge >= 0.3 is 0 Å². The summed E-state index contributed by atoms with van der Waals surface area (Å²) in [4.78, 5) is 6.45. The Kier molecular flexibility index (Phi) is 4.71. The Morgan fingerprint density at radius 2 is 2.19 bits per heavy atom. The maximum Gasteiger partial charge on any atom is 0.101 e. The van der Waals surface area contributed by atoms with Gasteiger partial charge in [-0.15, -0.1) is 11.3 Å². The van der Waals surface area contributed by atoms with Crippen molar-refractivity contribution in [2.75, 3.05) is 7.05 Å². The Bertz CT molecular complexity index is 580. The van der Waals surface area contributed by atoms with Crippen molar-refractivity contribution in [2.24, 2.45) is 0 Å². The van der Waals surface area contributed by atoms with Crippen molar-refractivity contribution >= 4 is 11.3 Å². The van der Waals surface area contributed by atoms with E-state index in [2.05, 4.69) is 36.5 Å². The summed E-state index contributed by atoms with van der Waals surface area (Å²) in [6.07, 6.45) is 6.02. The lowest BCUT2D eigenvalue weighted by atomic mass is 9.83. The predicted octanol–water partition coefficient (Wildman–Crippen LogP) is 4.28. The van der Waals surface area contributed by atoms with Crippen LogP contribution in [0.5, 0.6) is 0 Å². The summed E-state index contributed by atoms with van der Waals surface area (Å²) in [6, 6.07) is 8.93. The molecule has 0 fully saturated rings. The van der Waals surface area contributed by atoms with Crippen LogP contribution in [0.15, 0.2) is 24.3 Å². The van der Waals surface area contributed by atoms with Crippen LogP contribution < -0.4 is 5.32 Å². The van der Waals surface area contributed by atoms with Gasteiger partial charge in [-0.3, -0.25) is 0 Å². The average molecular weight is 300 g/mol. The Balaban J connectivity index is 1.95. The summed E-state index contributed by atoms with van der Waals surface area (Å²) in [7, 11) is 2.02. The molecule has 0 spiro atoms. The lowest BCUT2D eigenvalue weighted by Gasteiger charge is -2.23. The molecule has 1 aliphatic carbocycles. The standard InChI is InChI=1S/C18H24N2S/c1-3-7-16-17(12-19-2)21-18(20-16)15-11-6-9-13-8-4-5-10-14(13)15/h4-5,8,10,15,19H,3,6-7,9,11-12H2,1-2H3. The van der Waals surface area contributed by atoms with Crippen molar-refractivity contribution in [1.29, 1.82) is 0 Å². The summed E-state index contributed by atoms with van der Waals surface area (Å²) in [5, 5.41) is 4.62. The second-order valence-corrected chi connectivity index (χ2v) is 6.96. The van der Waals surface area contributed by atoms with E-state index in [0.717, 1.165) is 13.0 Å². The fourth-order valence-electron chi connectivity index (χ4n) is 3.29. The Labute approximate surface area is 131 Å². The molecule has 0 bridgehead atoms. The van der Waals surface area contributed by atoms with E-state index in [0.29, 0.717) is 5.92 Å². The molecular formula is C18H24N2S. The second kappa shape index (κ2) is 6.71. The van der Waals surface area contributed by atoms with Crippen LogP contribution in [-0.2, 0) is 19.4 Å². The van der Waals surface area contributed by atoms with Crippen molar-refractivity contribution in [3.8, 4) is 0 Å². The fourth-order valence-corrected chi connectivity index (χ4v) is 4.57. The highest BCUT2D eigenvalue weighted by atomic mass is 32.1. The number of aromatic nitrogens is 1. The van der Waals surface area contributed by atoms with Gasteiger partial charge in [0.05, 0.1) is 5.69 Å². The zero-order chi connectivity index (χ0) is 14.7. The van der Waals surface area contributed by atoms with Gasteiger partial charge in [0, 0.05) is 17.3 Å². The average Bonchev–Trinajstić information content (AvgIpc) is 2.90. The third-order valence-corrected chi connectivity index (χ3v) is 5.50. The van der Waals surface area contributed by atoms with Gasteiger partial charge in [0.1, 0.15) is 5.01 Å². The first-order valence-corrected chi connectivity index (χ1v) is 8.86. The van der Waals surface area contributed by atoms with Crippen LogP contribution in [0.4, 0.5) is 0 Å². The monoisotopic (exact) mass is 300 g/mol. The Morgan fingerprint density at radius 1 is 1.33 bits per heavy atom. The Hall–Kier alpha value is -1.19. The van der Waals surface area contributed by atoms with Gasteiger partial charge in [-0.05, 0) is 43.9 Å². The molecule has 1 unspecified atom stereocenters. The molecule has 2 aromatic rings. The molecule has 3 heteroatoms. The predicted molar refractivity (Wildman–Crippen MR) is 90.1 cm³/mol. The molecule has 3 rings (SSSR count). The molecule has 1 N–H and O–H groups in total. The molecule has 0 saturated carbocycles. The summed E-state index contributed by atoms with van der Waals surface area (Å²) in [5.41, 5.74) is 4.35. The second-order valence-electron chi connectivity index (χ2n) is 5.85. The largest absolute Gasteiger partial charge is 0.315 e. The highest BCUT2D eigenvalue weighted by Gasteiger charge is 2.25. The molecule has 0 saturated heterocycles. The number of rotatable bonds is 5. The molecule has 0 radical (unpaired) electrons. The SMILES string of the molecule is CCCc1nc(C2CCCc3ccccc32)sc1CNC. The van der Waals surface area contributed by atoms with Gasteiger partial charge in [0.15, 0.2) is 0 Å². The van der Waals surface area contributed by atoms with Gasteiger partial charge in [-0.25, -0.2) is 4.98 Å². The lowest BCUT2D eigenvalue weighted by molar-refractivity contribution is 0.611. The quantitative estimate of drug-likeness (QED) is 0.891. The van der Waals surface area contributed by atoms with E-state index >= 15 is 0 Å². The van der Waals surface area contributed by atoms with E-state index in [4.69, 9.17) is 4.98 Å². The molecule has 2 nitrogen and oxygen atoms in total. The minimum absolute atomic E-state index is 0.515. The summed E-state index contributed by atoms with van der Waals surface area (Å²) in [6.45, 7) is 3.18. The summed E-state index contributed by atoms with van der Waals surface area (Å²) >= 11 is 1.92. The van der Waals surface area contributed by atoms with Crippen molar-refractivity contribution in [1.82, 2.24) is 10.3 Å². The van der Waals surface area contributed by atoms with Crippen molar-refractivity contribution in [2.45, 2.75) is 51.5 Å². The van der Waals surface area contributed by atoms with Crippen LogP contribution in [0.1, 0.15) is 58.8 Å². The van der Waals surface area contributed by atoms with Crippen LogP contribution >= 0.6 is 11.3 Å². The molecule has 1 aliphatic rings. The van der Waals surface area contributed by atoms with Crippen LogP contribution in [0.3, 0.4) is 0 Å². The number of thiazole rings is 1. The summed E-state index contributed by atoms with van der Waals surface area (Å²) < 4.78 is 0. The molecule has 21 heavy (non-hydrogen) atoms. The van der Waals surface area contributed by atoms with Crippen molar-refractivity contribution in [3.05, 3.63) is 51.0 Å². The summed E-state index contributed by atoms with van der Waals surface area (Å²) in [5.74, 6) is 0.515. The van der Waals surface area contributed by atoms with E-state index in [1.165, 1.54) is 52.4 Å². The van der Waals surface area contributed by atoms with Crippen LogP contribution in [-0.4, -0.2) is 12.0 Å². The highest BCUT2D eigenvalue weighted by molar-refractivity contribution is 7.11. The first-order valence-electron chi connectivity index (χ1n) is 8.04. The van der Waals surface area contributed by atoms with Gasteiger partial charge < -0.3 is 5.32 Å². The number of benzene rings is 1. The minimum atomic E-state index is 0.515. The molecule has 112 valence electrons. The number of aryl methyl sites for hydroxylation is 2. The normalized spacial score (nSPS) is 17.7. The molecule has 0 aliphatic heterocycles. The van der Waals surface area contributed by atoms with E-state index in [1.807, 2.05) is 18.4 Å². The van der Waals surface area contributed by atoms with Crippen molar-refractivity contribution in [3.63, 3.8) is 0 Å². The van der Waals surface area contributed by atoms with Gasteiger partial charge in [0.25, 0.3) is 0 Å². The van der Waals surface area contributed by atoms with E-state index < -0.39 is 0 Å². The molecule has 1 aromatic carbocycles. The van der Waals surface area contributed by atoms with Crippen LogP contribution in [0.25, 0.3) is 0 Å². The number of nitrogens with zero attached hydrogens (tertiary/aromatic N) is 1. The topological polar surface area (TPSA) is 24.9 Å². The number of hydrogen-bond donors (Lipinski definition) is 1. The maximum absolute atomic E-state index is 5.02. The first kappa shape index (κ1) is 14.7. The molecule has 1 heterocycles. The molecule has 1 atom stereocenters. The van der Waals surface area contributed by atoms with Gasteiger partial charge in [-0.2, -0.15) is 0 Å². The van der Waals surface area contributed by atoms with Gasteiger partial charge in [0.2, 0.25) is 0 Å². The van der Waals surface area contributed by atoms with Crippen LogP contribution in [0.2, 0.25) is 0 Å². The van der Waals surface area contributed by atoms with Gasteiger partial charge in [-0.1, -0.05) is 37.6 Å². The highest BCUT2D eigenvalue weighted by Crippen LogP contribution is 2.39. The third-order valence-electron chi connectivity index (χ3n) is 4.29. The Morgan fingerprint density at radius 3 is 3.00 bits per heavy atom. The minimum Gasteiger partial charge on any atom is -0.315 e. The lowest BCUT2D eigenvalue weighted by Crippen LogP contribution is -2.10. The number of fused-ring (bicyclic) bond motifs is 1.